The third kappa shape index (κ3) is 4.77. The van der Waals surface area contributed by atoms with Gasteiger partial charge in [-0.3, -0.25) is 4.68 Å². The summed E-state index contributed by atoms with van der Waals surface area (Å²) in [4.78, 5) is 0. The molecule has 0 saturated carbocycles. The van der Waals surface area contributed by atoms with Gasteiger partial charge >= 0.3 is 0 Å². The molecule has 0 aliphatic carbocycles. The van der Waals surface area contributed by atoms with Crippen LogP contribution in [0, 0.1) is 6.92 Å². The molecule has 1 aromatic heterocycles. The van der Waals surface area contributed by atoms with Crippen molar-refractivity contribution in [3.63, 3.8) is 0 Å². The van der Waals surface area contributed by atoms with Gasteiger partial charge in [0, 0.05) is 26.8 Å². The first-order valence-corrected chi connectivity index (χ1v) is 6.92. The molecule has 0 unspecified atom stereocenters. The first-order valence-electron chi connectivity index (χ1n) is 6.13. The van der Waals surface area contributed by atoms with Crippen LogP contribution >= 0.6 is 15.9 Å². The van der Waals surface area contributed by atoms with Crippen molar-refractivity contribution in [3.05, 3.63) is 15.9 Å². The van der Waals surface area contributed by atoms with Gasteiger partial charge in [-0.1, -0.05) is 6.92 Å². The van der Waals surface area contributed by atoms with Gasteiger partial charge in [-0.2, -0.15) is 5.10 Å². The maximum atomic E-state index is 5.42. The number of aromatic nitrogens is 2. The molecule has 5 heteroatoms. The van der Waals surface area contributed by atoms with Crippen LogP contribution in [0.15, 0.2) is 4.47 Å². The minimum absolute atomic E-state index is 0.839. The summed E-state index contributed by atoms with van der Waals surface area (Å²) in [5.74, 6) is 0. The number of halogens is 1. The second kappa shape index (κ2) is 7.84. The fraction of sp³-hybridized carbons (Fsp3) is 0.750. The minimum atomic E-state index is 0.839. The third-order valence-corrected chi connectivity index (χ3v) is 3.58. The molecule has 1 aromatic rings. The molecule has 17 heavy (non-hydrogen) atoms. The Balaban J connectivity index is 2.18. The highest BCUT2D eigenvalue weighted by atomic mass is 79.9. The minimum Gasteiger partial charge on any atom is -0.381 e. The van der Waals surface area contributed by atoms with Gasteiger partial charge in [-0.25, -0.2) is 0 Å². The number of hydrogen-bond donors (Lipinski definition) is 1. The van der Waals surface area contributed by atoms with Gasteiger partial charge in [0.1, 0.15) is 0 Å². The lowest BCUT2D eigenvalue weighted by molar-refractivity contribution is 0.132. The molecular weight excluding hydrogens is 282 g/mol. The van der Waals surface area contributed by atoms with Crippen LogP contribution in [0.1, 0.15) is 31.2 Å². The van der Waals surface area contributed by atoms with Crippen LogP contribution in [0.2, 0.25) is 0 Å². The van der Waals surface area contributed by atoms with Gasteiger partial charge < -0.3 is 10.1 Å². The van der Waals surface area contributed by atoms with Gasteiger partial charge in [0.05, 0.1) is 15.9 Å². The first kappa shape index (κ1) is 14.7. The molecule has 1 heterocycles. The highest BCUT2D eigenvalue weighted by Crippen LogP contribution is 2.19. The summed E-state index contributed by atoms with van der Waals surface area (Å²) in [6, 6.07) is 0. The molecule has 0 aliphatic rings. The van der Waals surface area contributed by atoms with Crippen molar-refractivity contribution in [2.45, 2.75) is 33.2 Å². The maximum Gasteiger partial charge on any atom is 0.0739 e. The highest BCUT2D eigenvalue weighted by Gasteiger charge is 2.09. The van der Waals surface area contributed by atoms with Gasteiger partial charge in [0.15, 0.2) is 0 Å². The van der Waals surface area contributed by atoms with Crippen molar-refractivity contribution in [1.29, 1.82) is 0 Å². The van der Waals surface area contributed by atoms with E-state index in [4.69, 9.17) is 4.74 Å². The Morgan fingerprint density at radius 2 is 2.18 bits per heavy atom. The molecule has 0 saturated heterocycles. The third-order valence-electron chi connectivity index (χ3n) is 2.54. The van der Waals surface area contributed by atoms with Crippen LogP contribution in [0.5, 0.6) is 0 Å². The largest absolute Gasteiger partial charge is 0.381 e. The Hall–Kier alpha value is -0.390. The fourth-order valence-electron chi connectivity index (χ4n) is 1.62. The molecule has 0 atom stereocenters. The van der Waals surface area contributed by atoms with Gasteiger partial charge in [-0.15, -0.1) is 0 Å². The number of ether oxygens (including phenoxy) is 1. The zero-order chi connectivity index (χ0) is 12.7. The van der Waals surface area contributed by atoms with Crippen molar-refractivity contribution in [2.24, 2.45) is 7.05 Å². The molecule has 0 aliphatic heterocycles. The predicted octanol–water partition coefficient (Wildman–Crippen LogP) is 2.40. The van der Waals surface area contributed by atoms with Crippen molar-refractivity contribution in [1.82, 2.24) is 15.1 Å². The Labute approximate surface area is 112 Å². The smallest absolute Gasteiger partial charge is 0.0739 e. The molecule has 1 rings (SSSR count). The molecule has 0 fully saturated rings. The quantitative estimate of drug-likeness (QED) is 0.750. The van der Waals surface area contributed by atoms with Crippen LogP contribution in [-0.4, -0.2) is 29.5 Å². The summed E-state index contributed by atoms with van der Waals surface area (Å²) in [5.41, 5.74) is 2.23. The Kier molecular flexibility index (Phi) is 6.77. The standard InChI is InChI=1S/C12H22BrN3O/c1-4-7-17-8-5-6-14-9-11-12(13)10(2)15-16(11)3/h14H,4-9H2,1-3H3. The van der Waals surface area contributed by atoms with Crippen LogP contribution < -0.4 is 5.32 Å². The lowest BCUT2D eigenvalue weighted by Gasteiger charge is -2.06. The Bertz CT molecular complexity index is 339. The maximum absolute atomic E-state index is 5.42. The number of aryl methyl sites for hydroxylation is 2. The molecular formula is C12H22BrN3O. The van der Waals surface area contributed by atoms with Crippen LogP contribution in [-0.2, 0) is 18.3 Å². The number of nitrogens with one attached hydrogen (secondary N) is 1. The molecule has 0 amide bonds. The van der Waals surface area contributed by atoms with Crippen LogP contribution in [0.4, 0.5) is 0 Å². The number of rotatable bonds is 8. The van der Waals surface area contributed by atoms with Crippen molar-refractivity contribution in [3.8, 4) is 0 Å². The fourth-order valence-corrected chi connectivity index (χ4v) is 2.10. The van der Waals surface area contributed by atoms with Crippen LogP contribution in [0.25, 0.3) is 0 Å². The Morgan fingerprint density at radius 1 is 1.41 bits per heavy atom. The molecule has 4 nitrogen and oxygen atoms in total. The van der Waals surface area contributed by atoms with Crippen molar-refractivity contribution < 1.29 is 4.74 Å². The summed E-state index contributed by atoms with van der Waals surface area (Å²) in [6.45, 7) is 7.65. The molecule has 0 aromatic carbocycles. The normalized spacial score (nSPS) is 11.1. The molecule has 0 spiro atoms. The molecule has 1 N–H and O–H groups in total. The van der Waals surface area contributed by atoms with Gasteiger partial charge in [-0.05, 0) is 42.2 Å². The van der Waals surface area contributed by atoms with Crippen molar-refractivity contribution in [2.75, 3.05) is 19.8 Å². The van der Waals surface area contributed by atoms with E-state index >= 15 is 0 Å². The summed E-state index contributed by atoms with van der Waals surface area (Å²) in [6.07, 6.45) is 2.14. The monoisotopic (exact) mass is 303 g/mol. The zero-order valence-corrected chi connectivity index (χ0v) is 12.5. The van der Waals surface area contributed by atoms with Gasteiger partial charge in [0.2, 0.25) is 0 Å². The van der Waals surface area contributed by atoms with E-state index in [9.17, 15) is 0 Å². The molecule has 98 valence electrons. The first-order chi connectivity index (χ1) is 8.16. The summed E-state index contributed by atoms with van der Waals surface area (Å²) in [7, 11) is 1.97. The lowest BCUT2D eigenvalue weighted by Crippen LogP contribution is -2.18. The second-order valence-corrected chi connectivity index (χ2v) is 4.91. The van der Waals surface area contributed by atoms with E-state index in [1.54, 1.807) is 0 Å². The van der Waals surface area contributed by atoms with E-state index in [0.29, 0.717) is 0 Å². The van der Waals surface area contributed by atoms with E-state index in [0.717, 1.165) is 49.3 Å². The van der Waals surface area contributed by atoms with E-state index in [-0.39, 0.29) is 0 Å². The van der Waals surface area contributed by atoms with Crippen LogP contribution in [0.3, 0.4) is 0 Å². The van der Waals surface area contributed by atoms with E-state index in [1.165, 1.54) is 5.69 Å². The second-order valence-electron chi connectivity index (χ2n) is 4.11. The Morgan fingerprint density at radius 3 is 2.76 bits per heavy atom. The van der Waals surface area contributed by atoms with E-state index in [1.807, 2.05) is 18.7 Å². The molecule has 0 radical (unpaired) electrons. The lowest BCUT2D eigenvalue weighted by atomic mass is 10.3. The number of hydrogen-bond acceptors (Lipinski definition) is 3. The highest BCUT2D eigenvalue weighted by molar-refractivity contribution is 9.10. The summed E-state index contributed by atoms with van der Waals surface area (Å²) >= 11 is 3.56. The zero-order valence-electron chi connectivity index (χ0n) is 10.9. The SMILES string of the molecule is CCCOCCCNCc1c(Br)c(C)nn1C. The van der Waals surface area contributed by atoms with Crippen molar-refractivity contribution >= 4 is 15.9 Å². The summed E-state index contributed by atoms with van der Waals surface area (Å²) < 4.78 is 8.44. The summed E-state index contributed by atoms with van der Waals surface area (Å²) in [5, 5.41) is 7.76. The average molecular weight is 304 g/mol. The average Bonchev–Trinajstić information content (AvgIpc) is 2.54. The predicted molar refractivity (Wildman–Crippen MR) is 73.1 cm³/mol. The van der Waals surface area contributed by atoms with Gasteiger partial charge in [0.25, 0.3) is 0 Å². The van der Waals surface area contributed by atoms with E-state index in [2.05, 4.69) is 33.3 Å². The number of nitrogens with zero attached hydrogens (tertiary/aromatic N) is 2. The molecule has 0 bridgehead atoms. The topological polar surface area (TPSA) is 39.1 Å². The van der Waals surface area contributed by atoms with E-state index < -0.39 is 0 Å².